The highest BCUT2D eigenvalue weighted by atomic mass is 16.5. The van der Waals surface area contributed by atoms with Crippen LogP contribution >= 0.6 is 0 Å². The summed E-state index contributed by atoms with van der Waals surface area (Å²) in [6.07, 6.45) is 2.75. The molecule has 8 nitrogen and oxygen atoms in total. The number of nitrogens with zero attached hydrogens (tertiary/aromatic N) is 3. The summed E-state index contributed by atoms with van der Waals surface area (Å²) in [4.78, 5) is 28.1. The van der Waals surface area contributed by atoms with E-state index in [0.29, 0.717) is 24.3 Å². The molecule has 0 radical (unpaired) electrons. The number of aryl methyl sites for hydroxylation is 2. The van der Waals surface area contributed by atoms with Crippen molar-refractivity contribution in [2.24, 2.45) is 5.73 Å². The number of carbonyl (C=O) groups is 2. The summed E-state index contributed by atoms with van der Waals surface area (Å²) in [6, 6.07) is 7.09. The second-order valence-electron chi connectivity index (χ2n) is 7.55. The normalized spacial score (nSPS) is 11.1. The highest BCUT2D eigenvalue weighted by Crippen LogP contribution is 2.25. The van der Waals surface area contributed by atoms with Crippen molar-refractivity contribution in [3.63, 3.8) is 0 Å². The summed E-state index contributed by atoms with van der Waals surface area (Å²) in [6.45, 7) is 7.96. The fraction of sp³-hybridized carbons (Fsp3) is 0.364. The molecule has 0 unspecified atom stereocenters. The number of amides is 2. The van der Waals surface area contributed by atoms with Gasteiger partial charge in [0.05, 0.1) is 6.20 Å². The van der Waals surface area contributed by atoms with E-state index in [2.05, 4.69) is 31.2 Å². The van der Waals surface area contributed by atoms with Crippen molar-refractivity contribution < 1.29 is 14.3 Å². The van der Waals surface area contributed by atoms with Crippen LogP contribution in [0.3, 0.4) is 0 Å². The molecule has 2 aromatic heterocycles. The van der Waals surface area contributed by atoms with Gasteiger partial charge < -0.3 is 15.8 Å². The Balaban J connectivity index is 1.68. The van der Waals surface area contributed by atoms with Crippen LogP contribution in [0.1, 0.15) is 43.1 Å². The molecule has 8 heteroatoms. The maximum atomic E-state index is 12.5. The number of anilines is 1. The molecule has 30 heavy (non-hydrogen) atoms. The van der Waals surface area contributed by atoms with E-state index in [0.717, 1.165) is 27.9 Å². The number of primary amides is 1. The predicted octanol–water partition coefficient (Wildman–Crippen LogP) is 3.06. The highest BCUT2D eigenvalue weighted by Gasteiger charge is 2.16. The van der Waals surface area contributed by atoms with Crippen molar-refractivity contribution in [1.82, 2.24) is 14.8 Å². The quantitative estimate of drug-likeness (QED) is 0.594. The summed E-state index contributed by atoms with van der Waals surface area (Å²) in [5.74, 6) is -0.200. The summed E-state index contributed by atoms with van der Waals surface area (Å²) < 4.78 is 7.18. The average molecular weight is 409 g/mol. The third kappa shape index (κ3) is 4.76. The topological polar surface area (TPSA) is 112 Å². The molecule has 2 amide bonds. The smallest absolute Gasteiger partial charge is 0.255 e. The number of nitrogens with one attached hydrogen (secondary N) is 1. The number of pyridine rings is 1. The van der Waals surface area contributed by atoms with Crippen LogP contribution in [0, 0.1) is 13.8 Å². The van der Waals surface area contributed by atoms with E-state index in [1.807, 2.05) is 17.8 Å². The zero-order chi connectivity index (χ0) is 21.8. The number of rotatable bonds is 8. The number of hydrogen-bond donors (Lipinski definition) is 2. The number of fused-ring (bicyclic) bond motifs is 1. The van der Waals surface area contributed by atoms with E-state index >= 15 is 0 Å². The summed E-state index contributed by atoms with van der Waals surface area (Å²) >= 11 is 0. The van der Waals surface area contributed by atoms with Gasteiger partial charge in [0, 0.05) is 35.3 Å². The van der Waals surface area contributed by atoms with Crippen molar-refractivity contribution in [1.29, 1.82) is 0 Å². The number of hydrogen-bond acceptors (Lipinski definition) is 5. The molecule has 1 aromatic carbocycles. The van der Waals surface area contributed by atoms with Crippen molar-refractivity contribution in [3.8, 4) is 5.75 Å². The summed E-state index contributed by atoms with van der Waals surface area (Å²) in [5, 5.41) is 8.34. The zero-order valence-electron chi connectivity index (χ0n) is 17.7. The molecule has 3 rings (SSSR count). The van der Waals surface area contributed by atoms with E-state index in [1.54, 1.807) is 24.3 Å². The number of nitrogens with two attached hydrogens (primary N) is 1. The van der Waals surface area contributed by atoms with Gasteiger partial charge in [0.1, 0.15) is 5.75 Å². The van der Waals surface area contributed by atoms with Crippen molar-refractivity contribution >= 4 is 28.5 Å². The molecule has 0 saturated heterocycles. The predicted molar refractivity (Wildman–Crippen MR) is 115 cm³/mol. The summed E-state index contributed by atoms with van der Waals surface area (Å²) in [5.41, 5.74) is 9.65. The van der Waals surface area contributed by atoms with Crippen LogP contribution in [0.15, 0.2) is 30.5 Å². The van der Waals surface area contributed by atoms with Gasteiger partial charge in [0.2, 0.25) is 5.91 Å². The zero-order valence-corrected chi connectivity index (χ0v) is 17.7. The molecule has 0 saturated carbocycles. The largest absolute Gasteiger partial charge is 0.484 e. The Hall–Kier alpha value is -3.42. The average Bonchev–Trinajstić information content (AvgIpc) is 3.10. The first-order valence-corrected chi connectivity index (χ1v) is 9.90. The van der Waals surface area contributed by atoms with Gasteiger partial charge in [-0.25, -0.2) is 9.67 Å². The van der Waals surface area contributed by atoms with Gasteiger partial charge in [-0.15, -0.1) is 0 Å². The molecule has 0 bridgehead atoms. The Bertz CT molecular complexity index is 1090. The Kier molecular flexibility index (Phi) is 6.34. The third-order valence-electron chi connectivity index (χ3n) is 4.93. The fourth-order valence-corrected chi connectivity index (χ4v) is 3.42. The Labute approximate surface area is 175 Å². The maximum Gasteiger partial charge on any atom is 0.255 e. The first kappa shape index (κ1) is 21.3. The maximum absolute atomic E-state index is 12.5. The molecule has 158 valence electrons. The van der Waals surface area contributed by atoms with Gasteiger partial charge in [-0.1, -0.05) is 6.07 Å². The lowest BCUT2D eigenvalue weighted by molar-refractivity contribution is -0.120. The lowest BCUT2D eigenvalue weighted by atomic mass is 10.0. The molecule has 0 aliphatic heterocycles. The van der Waals surface area contributed by atoms with Crippen LogP contribution in [-0.2, 0) is 16.0 Å². The summed E-state index contributed by atoms with van der Waals surface area (Å²) in [7, 11) is 0. The molecule has 3 aromatic rings. The molecule has 0 atom stereocenters. The van der Waals surface area contributed by atoms with Crippen LogP contribution in [0.2, 0.25) is 0 Å². The molecule has 0 aliphatic rings. The van der Waals surface area contributed by atoms with Crippen molar-refractivity contribution in [2.45, 2.75) is 46.6 Å². The lowest BCUT2D eigenvalue weighted by Crippen LogP contribution is -2.20. The monoisotopic (exact) mass is 409 g/mol. The van der Waals surface area contributed by atoms with Crippen LogP contribution in [0.4, 0.5) is 5.69 Å². The molecule has 0 aliphatic carbocycles. The van der Waals surface area contributed by atoms with Gasteiger partial charge in [0.15, 0.2) is 12.3 Å². The van der Waals surface area contributed by atoms with Gasteiger partial charge in [-0.3, -0.25) is 9.59 Å². The molecule has 3 N–H and O–H groups in total. The fourth-order valence-electron chi connectivity index (χ4n) is 3.42. The molecule has 2 heterocycles. The van der Waals surface area contributed by atoms with Crippen LogP contribution in [0.5, 0.6) is 5.75 Å². The Morgan fingerprint density at radius 3 is 2.73 bits per heavy atom. The lowest BCUT2D eigenvalue weighted by Gasteiger charge is -2.13. The van der Waals surface area contributed by atoms with Gasteiger partial charge in [-0.2, -0.15) is 5.10 Å². The first-order valence-electron chi connectivity index (χ1n) is 9.90. The van der Waals surface area contributed by atoms with E-state index in [9.17, 15) is 9.59 Å². The second-order valence-corrected chi connectivity index (χ2v) is 7.55. The Morgan fingerprint density at radius 2 is 2.03 bits per heavy atom. The van der Waals surface area contributed by atoms with Crippen molar-refractivity contribution in [3.05, 3.63) is 47.3 Å². The van der Waals surface area contributed by atoms with E-state index in [4.69, 9.17) is 15.5 Å². The van der Waals surface area contributed by atoms with E-state index in [-0.39, 0.29) is 18.6 Å². The molecule has 0 fully saturated rings. The van der Waals surface area contributed by atoms with Crippen molar-refractivity contribution in [2.75, 3.05) is 11.9 Å². The standard InChI is InChI=1S/C22H27N5O3/c1-13(2)27-22-19(11-24-27)14(3)18(15(4)25-22)8-9-21(29)26-16-6-5-7-17(10-16)30-12-20(23)28/h5-7,10-11,13H,8-9,12H2,1-4H3,(H2,23,28)(H,26,29). The molecule has 0 spiro atoms. The van der Waals surface area contributed by atoms with Crippen LogP contribution < -0.4 is 15.8 Å². The third-order valence-corrected chi connectivity index (χ3v) is 4.93. The minimum atomic E-state index is -0.556. The van der Waals surface area contributed by atoms with Gasteiger partial charge >= 0.3 is 0 Å². The van der Waals surface area contributed by atoms with Gasteiger partial charge in [0.25, 0.3) is 5.91 Å². The number of aromatic nitrogens is 3. The van der Waals surface area contributed by atoms with E-state index < -0.39 is 5.91 Å². The number of ether oxygens (including phenoxy) is 1. The van der Waals surface area contributed by atoms with Crippen LogP contribution in [-0.4, -0.2) is 33.2 Å². The van der Waals surface area contributed by atoms with Gasteiger partial charge in [-0.05, 0) is 57.4 Å². The second kappa shape index (κ2) is 8.94. The molecular weight excluding hydrogens is 382 g/mol. The molecular formula is C22H27N5O3. The van der Waals surface area contributed by atoms with E-state index in [1.165, 1.54) is 0 Å². The number of carbonyl (C=O) groups excluding carboxylic acids is 2. The van der Waals surface area contributed by atoms with Crippen LogP contribution in [0.25, 0.3) is 11.0 Å². The highest BCUT2D eigenvalue weighted by molar-refractivity contribution is 5.91. The SMILES string of the molecule is Cc1nc2c(cnn2C(C)C)c(C)c1CCC(=O)Nc1cccc(OCC(N)=O)c1. The minimum Gasteiger partial charge on any atom is -0.484 e. The Morgan fingerprint density at radius 1 is 1.27 bits per heavy atom. The first-order chi connectivity index (χ1) is 14.3. The number of benzene rings is 1. The minimum absolute atomic E-state index is 0.112.